The third kappa shape index (κ3) is 4.80. The largest absolute Gasteiger partial charge is 0.394 e. The van der Waals surface area contributed by atoms with Gasteiger partial charge in [-0.1, -0.05) is 36.4 Å². The van der Waals surface area contributed by atoms with E-state index in [2.05, 4.69) is 25.3 Å². The number of anilines is 1. The average Bonchev–Trinajstić information content (AvgIpc) is 2.80. The Labute approximate surface area is 169 Å². The maximum Gasteiger partial charge on any atom is 0.180 e. The quantitative estimate of drug-likeness (QED) is 0.507. The summed E-state index contributed by atoms with van der Waals surface area (Å²) in [5.74, 6) is 1.15. The number of nitrogens with one attached hydrogen (secondary N) is 1. The molecule has 0 radical (unpaired) electrons. The van der Waals surface area contributed by atoms with Crippen LogP contribution in [-0.4, -0.2) is 37.7 Å². The first-order valence-corrected chi connectivity index (χ1v) is 9.44. The van der Waals surface area contributed by atoms with Crippen molar-refractivity contribution < 1.29 is 5.11 Å². The van der Waals surface area contributed by atoms with Gasteiger partial charge >= 0.3 is 0 Å². The van der Waals surface area contributed by atoms with E-state index in [-0.39, 0.29) is 12.6 Å². The third-order valence-corrected chi connectivity index (χ3v) is 4.47. The Kier molecular flexibility index (Phi) is 5.83. The molecule has 1 aromatic carbocycles. The Bertz CT molecular complexity index is 985. The van der Waals surface area contributed by atoms with Gasteiger partial charge in [0.25, 0.3) is 0 Å². The maximum absolute atomic E-state index is 9.89. The summed E-state index contributed by atoms with van der Waals surface area (Å²) in [5.41, 5.74) is 3.46. The zero-order valence-corrected chi connectivity index (χ0v) is 15.8. The van der Waals surface area contributed by atoms with Crippen LogP contribution in [0.2, 0.25) is 0 Å². The molecule has 0 saturated heterocycles. The topological polar surface area (TPSA) is 83.8 Å². The molecule has 0 amide bonds. The fourth-order valence-corrected chi connectivity index (χ4v) is 3.06. The highest BCUT2D eigenvalue weighted by Gasteiger charge is 2.14. The predicted molar refractivity (Wildman–Crippen MR) is 113 cm³/mol. The van der Waals surface area contributed by atoms with E-state index in [4.69, 9.17) is 0 Å². The van der Waals surface area contributed by atoms with Crippen molar-refractivity contribution in [3.63, 3.8) is 0 Å². The van der Waals surface area contributed by atoms with Gasteiger partial charge in [-0.15, -0.1) is 0 Å². The zero-order chi connectivity index (χ0) is 19.9. The van der Waals surface area contributed by atoms with Gasteiger partial charge in [-0.25, -0.2) is 9.97 Å². The molecular weight excluding hydrogens is 362 g/mol. The van der Waals surface area contributed by atoms with Crippen molar-refractivity contribution in [3.05, 3.63) is 90.9 Å². The van der Waals surface area contributed by atoms with E-state index < -0.39 is 0 Å². The SMILES string of the molecule is OC[C@@H](Cc1ccccc1)Nc1cc(-c2cccnc2)nc(-c2ccccn2)n1. The van der Waals surface area contributed by atoms with E-state index in [9.17, 15) is 5.11 Å². The lowest BCUT2D eigenvalue weighted by Crippen LogP contribution is -2.27. The van der Waals surface area contributed by atoms with E-state index in [1.165, 1.54) is 0 Å². The van der Waals surface area contributed by atoms with Crippen molar-refractivity contribution in [1.29, 1.82) is 0 Å². The van der Waals surface area contributed by atoms with Crippen LogP contribution >= 0.6 is 0 Å². The number of aromatic nitrogens is 4. The van der Waals surface area contributed by atoms with Gasteiger partial charge in [0, 0.05) is 30.2 Å². The molecule has 6 nitrogen and oxygen atoms in total. The monoisotopic (exact) mass is 383 g/mol. The molecule has 0 saturated carbocycles. The standard InChI is InChI=1S/C23H21N5O/c29-16-19(13-17-7-2-1-3-8-17)26-22-14-21(18-9-6-11-24-15-18)27-23(28-22)20-10-4-5-12-25-20/h1-12,14-15,19,29H,13,16H2,(H,26,27,28)/t19-/m1/s1. The minimum atomic E-state index is -0.175. The summed E-state index contributed by atoms with van der Waals surface area (Å²) < 4.78 is 0. The molecule has 0 spiro atoms. The summed E-state index contributed by atoms with van der Waals surface area (Å²) in [6.45, 7) is -0.0138. The molecule has 0 bridgehead atoms. The molecule has 3 heterocycles. The normalized spacial score (nSPS) is 11.8. The highest BCUT2D eigenvalue weighted by Crippen LogP contribution is 2.23. The first-order valence-electron chi connectivity index (χ1n) is 9.44. The molecular formula is C23H21N5O. The first kappa shape index (κ1) is 18.7. The molecule has 2 N–H and O–H groups in total. The Balaban J connectivity index is 1.68. The highest BCUT2D eigenvalue weighted by atomic mass is 16.3. The van der Waals surface area contributed by atoms with Crippen molar-refractivity contribution in [1.82, 2.24) is 19.9 Å². The summed E-state index contributed by atoms with van der Waals surface area (Å²) in [6.07, 6.45) is 5.89. The molecule has 29 heavy (non-hydrogen) atoms. The Morgan fingerprint density at radius 2 is 1.72 bits per heavy atom. The minimum Gasteiger partial charge on any atom is -0.394 e. The van der Waals surface area contributed by atoms with Gasteiger partial charge in [-0.3, -0.25) is 9.97 Å². The Hall–Kier alpha value is -3.64. The summed E-state index contributed by atoms with van der Waals surface area (Å²) in [4.78, 5) is 17.9. The molecule has 4 rings (SSSR count). The molecule has 0 aliphatic rings. The van der Waals surface area contributed by atoms with Crippen molar-refractivity contribution in [3.8, 4) is 22.8 Å². The summed E-state index contributed by atoms with van der Waals surface area (Å²) in [5, 5.41) is 13.2. The molecule has 0 aliphatic heterocycles. The summed E-state index contributed by atoms with van der Waals surface area (Å²) in [6, 6.07) is 21.2. The van der Waals surface area contributed by atoms with E-state index in [0.717, 1.165) is 16.8 Å². The fourth-order valence-electron chi connectivity index (χ4n) is 3.06. The number of hydrogen-bond acceptors (Lipinski definition) is 6. The second kappa shape index (κ2) is 9.03. The van der Waals surface area contributed by atoms with Gasteiger partial charge in [0.2, 0.25) is 0 Å². The second-order valence-electron chi connectivity index (χ2n) is 6.63. The van der Waals surface area contributed by atoms with Crippen LogP contribution in [0, 0.1) is 0 Å². The summed E-state index contributed by atoms with van der Waals surface area (Å²) >= 11 is 0. The van der Waals surface area contributed by atoms with Crippen LogP contribution in [0.3, 0.4) is 0 Å². The molecule has 4 aromatic rings. The highest BCUT2D eigenvalue weighted by molar-refractivity contribution is 5.65. The van der Waals surface area contributed by atoms with Crippen LogP contribution in [0.1, 0.15) is 5.56 Å². The van der Waals surface area contributed by atoms with Gasteiger partial charge in [0.15, 0.2) is 5.82 Å². The van der Waals surface area contributed by atoms with Crippen molar-refractivity contribution in [2.24, 2.45) is 0 Å². The van der Waals surface area contributed by atoms with Gasteiger partial charge < -0.3 is 10.4 Å². The Morgan fingerprint density at radius 1 is 0.862 bits per heavy atom. The van der Waals surface area contributed by atoms with Gasteiger partial charge in [-0.05, 0) is 36.2 Å². The molecule has 144 valence electrons. The zero-order valence-electron chi connectivity index (χ0n) is 15.8. The molecule has 0 fully saturated rings. The van der Waals surface area contributed by atoms with Crippen LogP contribution in [0.25, 0.3) is 22.8 Å². The minimum absolute atomic E-state index is 0.0138. The second-order valence-corrected chi connectivity index (χ2v) is 6.63. The van der Waals surface area contributed by atoms with Crippen LogP contribution < -0.4 is 5.32 Å². The van der Waals surface area contributed by atoms with E-state index in [1.54, 1.807) is 18.6 Å². The first-order chi connectivity index (χ1) is 14.3. The molecule has 0 aliphatic carbocycles. The van der Waals surface area contributed by atoms with Gasteiger partial charge in [-0.2, -0.15) is 0 Å². The van der Waals surface area contributed by atoms with Crippen LogP contribution in [-0.2, 0) is 6.42 Å². The number of hydrogen-bond donors (Lipinski definition) is 2. The van der Waals surface area contributed by atoms with Gasteiger partial charge in [0.05, 0.1) is 18.3 Å². The number of benzene rings is 1. The van der Waals surface area contributed by atoms with E-state index in [1.807, 2.05) is 66.7 Å². The van der Waals surface area contributed by atoms with Crippen LogP contribution in [0.4, 0.5) is 5.82 Å². The number of aliphatic hydroxyl groups is 1. The number of rotatable bonds is 7. The van der Waals surface area contributed by atoms with E-state index in [0.29, 0.717) is 23.8 Å². The lowest BCUT2D eigenvalue weighted by atomic mass is 10.1. The molecule has 6 heteroatoms. The average molecular weight is 383 g/mol. The Morgan fingerprint density at radius 3 is 2.45 bits per heavy atom. The smallest absolute Gasteiger partial charge is 0.180 e. The van der Waals surface area contributed by atoms with Gasteiger partial charge in [0.1, 0.15) is 11.5 Å². The van der Waals surface area contributed by atoms with Crippen molar-refractivity contribution in [2.45, 2.75) is 12.5 Å². The number of pyridine rings is 2. The van der Waals surface area contributed by atoms with Crippen LogP contribution in [0.15, 0.2) is 85.3 Å². The molecule has 3 aromatic heterocycles. The fraction of sp³-hybridized carbons (Fsp3) is 0.130. The maximum atomic E-state index is 9.89. The number of aliphatic hydroxyl groups excluding tert-OH is 1. The van der Waals surface area contributed by atoms with Crippen molar-refractivity contribution >= 4 is 5.82 Å². The molecule has 0 unspecified atom stereocenters. The third-order valence-electron chi connectivity index (χ3n) is 4.47. The lowest BCUT2D eigenvalue weighted by Gasteiger charge is -2.18. The molecule has 1 atom stereocenters. The van der Waals surface area contributed by atoms with Crippen molar-refractivity contribution in [2.75, 3.05) is 11.9 Å². The van der Waals surface area contributed by atoms with Crippen LogP contribution in [0.5, 0.6) is 0 Å². The number of nitrogens with zero attached hydrogens (tertiary/aromatic N) is 4. The lowest BCUT2D eigenvalue weighted by molar-refractivity contribution is 0.273. The predicted octanol–water partition coefficient (Wildman–Crippen LogP) is 3.62. The summed E-state index contributed by atoms with van der Waals surface area (Å²) in [7, 11) is 0. The van der Waals surface area contributed by atoms with E-state index >= 15 is 0 Å².